The van der Waals surface area contributed by atoms with Crippen molar-refractivity contribution in [3.63, 3.8) is 0 Å². The topological polar surface area (TPSA) is 83.0 Å². The minimum absolute atomic E-state index is 0.152. The molecule has 0 spiro atoms. The molecule has 0 amide bonds. The summed E-state index contributed by atoms with van der Waals surface area (Å²) in [6.45, 7) is 0. The number of H-pyrrole nitrogens is 1. The van der Waals surface area contributed by atoms with Crippen LogP contribution in [0.5, 0.6) is 0 Å². The highest BCUT2D eigenvalue weighted by Gasteiger charge is 1.97. The standard InChI is InChI=1S/C10H7Cl2N5O/c11-7-2-1-6(3-8(7)12)4-13-16-10-15-9(18)5-14-17-10/h1-5H,(H2,15,16,17,18)/b13-4+. The van der Waals surface area contributed by atoms with Crippen molar-refractivity contribution in [2.75, 3.05) is 5.43 Å². The summed E-state index contributed by atoms with van der Waals surface area (Å²) >= 11 is 11.6. The van der Waals surface area contributed by atoms with Crippen LogP contribution in [0.2, 0.25) is 10.0 Å². The average Bonchev–Trinajstić information content (AvgIpc) is 2.34. The molecule has 0 atom stereocenters. The van der Waals surface area contributed by atoms with Crippen LogP contribution in [0.25, 0.3) is 0 Å². The average molecular weight is 284 g/mol. The van der Waals surface area contributed by atoms with Crippen LogP contribution in [0.3, 0.4) is 0 Å². The Labute approximate surface area is 112 Å². The van der Waals surface area contributed by atoms with Crippen molar-refractivity contribution >= 4 is 35.4 Å². The third-order valence-electron chi connectivity index (χ3n) is 1.90. The SMILES string of the molecule is O=c1cnnc(N/N=C/c2ccc(Cl)c(Cl)c2)[nH]1. The fourth-order valence-electron chi connectivity index (χ4n) is 1.12. The van der Waals surface area contributed by atoms with Crippen LogP contribution in [0.15, 0.2) is 34.3 Å². The number of nitrogens with zero attached hydrogens (tertiary/aromatic N) is 3. The van der Waals surface area contributed by atoms with E-state index in [1.807, 2.05) is 0 Å². The van der Waals surface area contributed by atoms with Crippen molar-refractivity contribution in [2.45, 2.75) is 0 Å². The molecule has 1 heterocycles. The van der Waals surface area contributed by atoms with Gasteiger partial charge in [0, 0.05) is 0 Å². The summed E-state index contributed by atoms with van der Waals surface area (Å²) in [6.07, 6.45) is 2.57. The number of nitrogens with one attached hydrogen (secondary N) is 2. The Hall–Kier alpha value is -1.92. The molecule has 0 aliphatic heterocycles. The van der Waals surface area contributed by atoms with E-state index in [2.05, 4.69) is 25.7 Å². The Morgan fingerprint density at radius 3 is 2.89 bits per heavy atom. The summed E-state index contributed by atoms with van der Waals surface area (Å²) in [7, 11) is 0. The molecular weight excluding hydrogens is 277 g/mol. The second-order valence-corrected chi connectivity index (χ2v) is 4.04. The van der Waals surface area contributed by atoms with E-state index in [-0.39, 0.29) is 11.5 Å². The number of hydrogen-bond acceptors (Lipinski definition) is 5. The van der Waals surface area contributed by atoms with E-state index in [9.17, 15) is 4.79 Å². The largest absolute Gasteiger partial charge is 0.289 e. The number of halogens is 2. The molecule has 2 rings (SSSR count). The summed E-state index contributed by atoms with van der Waals surface area (Å²) in [6, 6.07) is 5.07. The Kier molecular flexibility index (Phi) is 3.91. The van der Waals surface area contributed by atoms with Gasteiger partial charge in [0.1, 0.15) is 6.20 Å². The van der Waals surface area contributed by atoms with Crippen LogP contribution in [-0.4, -0.2) is 21.4 Å². The number of rotatable bonds is 3. The van der Waals surface area contributed by atoms with Crippen molar-refractivity contribution in [1.82, 2.24) is 15.2 Å². The van der Waals surface area contributed by atoms with E-state index in [0.29, 0.717) is 10.0 Å². The van der Waals surface area contributed by atoms with E-state index >= 15 is 0 Å². The van der Waals surface area contributed by atoms with Crippen LogP contribution >= 0.6 is 23.2 Å². The molecule has 18 heavy (non-hydrogen) atoms. The third-order valence-corrected chi connectivity index (χ3v) is 2.64. The molecule has 0 radical (unpaired) electrons. The van der Waals surface area contributed by atoms with Crippen molar-refractivity contribution in [1.29, 1.82) is 0 Å². The van der Waals surface area contributed by atoms with Gasteiger partial charge in [0.05, 0.1) is 16.3 Å². The summed E-state index contributed by atoms with van der Waals surface area (Å²) in [5, 5.41) is 11.9. The molecule has 0 aliphatic rings. The molecule has 0 bridgehead atoms. The number of hydrazone groups is 1. The zero-order chi connectivity index (χ0) is 13.0. The van der Waals surface area contributed by atoms with E-state index in [4.69, 9.17) is 23.2 Å². The fraction of sp³-hybridized carbons (Fsp3) is 0. The Morgan fingerprint density at radius 1 is 1.33 bits per heavy atom. The lowest BCUT2D eigenvalue weighted by atomic mass is 10.2. The molecule has 8 heteroatoms. The zero-order valence-corrected chi connectivity index (χ0v) is 10.4. The molecule has 6 nitrogen and oxygen atoms in total. The van der Waals surface area contributed by atoms with Gasteiger partial charge in [-0.3, -0.25) is 9.78 Å². The molecule has 0 unspecified atom stereocenters. The van der Waals surface area contributed by atoms with Crippen LogP contribution < -0.4 is 11.0 Å². The number of anilines is 1. The van der Waals surface area contributed by atoms with Gasteiger partial charge in [0.25, 0.3) is 5.56 Å². The van der Waals surface area contributed by atoms with Gasteiger partial charge in [0.2, 0.25) is 5.95 Å². The van der Waals surface area contributed by atoms with E-state index in [1.165, 1.54) is 6.21 Å². The fourth-order valence-corrected chi connectivity index (χ4v) is 1.43. The third kappa shape index (κ3) is 3.28. The van der Waals surface area contributed by atoms with Gasteiger partial charge in [-0.1, -0.05) is 29.3 Å². The Morgan fingerprint density at radius 2 is 2.17 bits per heavy atom. The van der Waals surface area contributed by atoms with E-state index < -0.39 is 0 Å². The predicted molar refractivity (Wildman–Crippen MR) is 70.3 cm³/mol. The molecule has 0 aliphatic carbocycles. The second-order valence-electron chi connectivity index (χ2n) is 3.23. The maximum Gasteiger partial charge on any atom is 0.271 e. The van der Waals surface area contributed by atoms with Gasteiger partial charge in [-0.15, -0.1) is 10.2 Å². The number of aromatic amines is 1. The molecule has 0 saturated heterocycles. The molecule has 2 aromatic rings. The highest BCUT2D eigenvalue weighted by Crippen LogP contribution is 2.21. The second kappa shape index (κ2) is 5.61. The lowest BCUT2D eigenvalue weighted by Crippen LogP contribution is -2.10. The van der Waals surface area contributed by atoms with E-state index in [1.54, 1.807) is 18.2 Å². The highest BCUT2D eigenvalue weighted by atomic mass is 35.5. The van der Waals surface area contributed by atoms with Crippen LogP contribution in [0.1, 0.15) is 5.56 Å². The maximum atomic E-state index is 10.9. The van der Waals surface area contributed by atoms with Crippen molar-refractivity contribution in [3.8, 4) is 0 Å². The Balaban J connectivity index is 2.07. The number of aromatic nitrogens is 3. The molecule has 1 aromatic heterocycles. The molecule has 2 N–H and O–H groups in total. The van der Waals surface area contributed by atoms with Crippen molar-refractivity contribution in [3.05, 3.63) is 50.4 Å². The number of hydrogen-bond donors (Lipinski definition) is 2. The van der Waals surface area contributed by atoms with Gasteiger partial charge in [-0.2, -0.15) is 5.10 Å². The number of benzene rings is 1. The lowest BCUT2D eigenvalue weighted by Gasteiger charge is -1.98. The monoisotopic (exact) mass is 283 g/mol. The minimum Gasteiger partial charge on any atom is -0.289 e. The smallest absolute Gasteiger partial charge is 0.271 e. The Bertz CT molecular complexity index is 640. The minimum atomic E-state index is -0.364. The molecule has 1 aromatic carbocycles. The first-order chi connectivity index (χ1) is 8.65. The van der Waals surface area contributed by atoms with Gasteiger partial charge in [-0.05, 0) is 17.7 Å². The molecule has 0 fully saturated rings. The van der Waals surface area contributed by atoms with Crippen molar-refractivity contribution in [2.24, 2.45) is 5.10 Å². The first kappa shape index (κ1) is 12.5. The highest BCUT2D eigenvalue weighted by molar-refractivity contribution is 6.42. The summed E-state index contributed by atoms with van der Waals surface area (Å²) in [5.74, 6) is 0.152. The lowest BCUT2D eigenvalue weighted by molar-refractivity contribution is 0.939. The normalized spacial score (nSPS) is 10.8. The van der Waals surface area contributed by atoms with Crippen molar-refractivity contribution < 1.29 is 0 Å². The first-order valence-electron chi connectivity index (χ1n) is 4.81. The van der Waals surface area contributed by atoms with Gasteiger partial charge in [0.15, 0.2) is 0 Å². The molecule has 0 saturated carbocycles. The van der Waals surface area contributed by atoms with Gasteiger partial charge < -0.3 is 0 Å². The predicted octanol–water partition coefficient (Wildman–Crippen LogP) is 1.92. The quantitative estimate of drug-likeness (QED) is 0.666. The molecule has 92 valence electrons. The van der Waals surface area contributed by atoms with Crippen LogP contribution in [-0.2, 0) is 0 Å². The first-order valence-corrected chi connectivity index (χ1v) is 5.57. The summed E-state index contributed by atoms with van der Waals surface area (Å²) in [4.78, 5) is 13.3. The van der Waals surface area contributed by atoms with Gasteiger partial charge >= 0.3 is 0 Å². The van der Waals surface area contributed by atoms with Crippen LogP contribution in [0.4, 0.5) is 5.95 Å². The molecular formula is C10H7Cl2N5O. The van der Waals surface area contributed by atoms with Crippen LogP contribution in [0, 0.1) is 0 Å². The summed E-state index contributed by atoms with van der Waals surface area (Å²) < 4.78 is 0. The summed E-state index contributed by atoms with van der Waals surface area (Å²) in [5.41, 5.74) is 2.92. The van der Waals surface area contributed by atoms with E-state index in [0.717, 1.165) is 11.8 Å². The van der Waals surface area contributed by atoms with Gasteiger partial charge in [-0.25, -0.2) is 5.43 Å². The zero-order valence-electron chi connectivity index (χ0n) is 8.89. The maximum absolute atomic E-state index is 10.9.